The number of likely N-dealkylation sites (tertiary alicyclic amines) is 1. The highest BCUT2D eigenvalue weighted by Gasteiger charge is 2.52. The van der Waals surface area contributed by atoms with E-state index in [1.54, 1.807) is 16.2 Å². The Bertz CT molecular complexity index is 768. The molecule has 0 bridgehead atoms. The van der Waals surface area contributed by atoms with Gasteiger partial charge in [-0.2, -0.15) is 0 Å². The molecule has 164 valence electrons. The van der Waals surface area contributed by atoms with E-state index in [0.717, 1.165) is 24.3 Å². The zero-order valence-electron chi connectivity index (χ0n) is 18.9. The highest BCUT2D eigenvalue weighted by Crippen LogP contribution is 2.55. The van der Waals surface area contributed by atoms with Crippen molar-refractivity contribution in [2.45, 2.75) is 97.1 Å². The second kappa shape index (κ2) is 7.70. The Hall–Kier alpha value is -0.830. The first-order valence-electron chi connectivity index (χ1n) is 10.4. The maximum absolute atomic E-state index is 12.9. The molecule has 0 aromatic carbocycles. The van der Waals surface area contributed by atoms with E-state index in [1.165, 1.54) is 10.6 Å². The molecule has 6 nitrogen and oxygen atoms in total. The SMILES string of the molecule is Cc1nc2c(s1)C(C)C1(CCN(C(=O)OC(C)(C)C)[C@@H](N[S+]([O-])C(C)(C)C)C1)C2. The molecule has 0 radical (unpaired) electrons. The predicted molar refractivity (Wildman–Crippen MR) is 118 cm³/mol. The van der Waals surface area contributed by atoms with Crippen LogP contribution in [0.2, 0.25) is 0 Å². The first kappa shape index (κ1) is 22.8. The number of piperidine rings is 1. The van der Waals surface area contributed by atoms with E-state index in [0.29, 0.717) is 12.5 Å². The molecule has 3 rings (SSSR count). The van der Waals surface area contributed by atoms with E-state index < -0.39 is 21.7 Å². The first-order chi connectivity index (χ1) is 13.2. The average Bonchev–Trinajstić information content (AvgIpc) is 3.01. The third-order valence-electron chi connectivity index (χ3n) is 5.92. The van der Waals surface area contributed by atoms with Crippen molar-refractivity contribution in [3.63, 3.8) is 0 Å². The Labute approximate surface area is 182 Å². The standard InChI is InChI=1S/C21H35N3O3S2/c1-13-17-15(22-14(2)28-17)11-21(13)9-10-24(18(25)27-19(3,4)5)16(12-21)23-29(26)20(6,7)8/h13,16,23H,9-12H2,1-8H3/t13?,16-,21?,29?/m1/s1. The van der Waals surface area contributed by atoms with Gasteiger partial charge in [0, 0.05) is 22.8 Å². The fraction of sp³-hybridized carbons (Fsp3) is 0.810. The van der Waals surface area contributed by atoms with Crippen LogP contribution >= 0.6 is 11.3 Å². The number of amides is 1. The number of carbonyl (C=O) groups is 1. The Kier molecular flexibility index (Phi) is 6.06. The highest BCUT2D eigenvalue weighted by atomic mass is 32.2. The zero-order chi connectivity index (χ0) is 21.8. The smallest absolute Gasteiger partial charge is 0.411 e. The summed E-state index contributed by atoms with van der Waals surface area (Å²) < 4.78 is 21.4. The fourth-order valence-electron chi connectivity index (χ4n) is 4.31. The minimum absolute atomic E-state index is 0.0418. The number of nitrogens with one attached hydrogen (secondary N) is 1. The topological polar surface area (TPSA) is 77.5 Å². The van der Waals surface area contributed by atoms with Crippen molar-refractivity contribution >= 4 is 28.8 Å². The molecule has 0 saturated carbocycles. The van der Waals surface area contributed by atoms with E-state index in [2.05, 4.69) is 18.6 Å². The molecule has 2 heterocycles. The number of fused-ring (bicyclic) bond motifs is 1. The summed E-state index contributed by atoms with van der Waals surface area (Å²) >= 11 is 0.510. The van der Waals surface area contributed by atoms with Gasteiger partial charge in [0.1, 0.15) is 16.5 Å². The van der Waals surface area contributed by atoms with Crippen LogP contribution < -0.4 is 4.72 Å². The van der Waals surface area contributed by atoms with Crippen LogP contribution in [0.1, 0.15) is 82.8 Å². The molecule has 1 aromatic rings. The van der Waals surface area contributed by atoms with Crippen LogP contribution in [-0.2, 0) is 22.5 Å². The van der Waals surface area contributed by atoms with Crippen LogP contribution in [-0.4, -0.2) is 43.6 Å². The lowest BCUT2D eigenvalue weighted by atomic mass is 9.70. The van der Waals surface area contributed by atoms with Gasteiger partial charge in [0.2, 0.25) is 0 Å². The van der Waals surface area contributed by atoms with Crippen molar-refractivity contribution in [1.29, 1.82) is 0 Å². The Balaban J connectivity index is 1.84. The molecular weight excluding hydrogens is 406 g/mol. The number of rotatable bonds is 2. The Morgan fingerprint density at radius 1 is 1.34 bits per heavy atom. The molecule has 1 amide bonds. The molecule has 2 aliphatic rings. The van der Waals surface area contributed by atoms with Gasteiger partial charge in [-0.1, -0.05) is 6.92 Å². The Morgan fingerprint density at radius 2 is 2.00 bits per heavy atom. The van der Waals surface area contributed by atoms with Crippen LogP contribution in [0.25, 0.3) is 0 Å². The van der Waals surface area contributed by atoms with Gasteiger partial charge in [-0.3, -0.25) is 4.90 Å². The predicted octanol–water partition coefficient (Wildman–Crippen LogP) is 4.51. The molecule has 4 atom stereocenters. The molecule has 1 aromatic heterocycles. The van der Waals surface area contributed by atoms with E-state index in [9.17, 15) is 9.35 Å². The van der Waals surface area contributed by atoms with E-state index in [-0.39, 0.29) is 17.7 Å². The van der Waals surface area contributed by atoms with Crippen LogP contribution in [0.15, 0.2) is 0 Å². The van der Waals surface area contributed by atoms with E-state index in [4.69, 9.17) is 9.72 Å². The number of ether oxygens (including phenoxy) is 1. The lowest BCUT2D eigenvalue weighted by Crippen LogP contribution is -2.60. The minimum atomic E-state index is -1.28. The number of thiazole rings is 1. The molecule has 1 spiro atoms. The summed E-state index contributed by atoms with van der Waals surface area (Å²) in [6.45, 7) is 16.4. The lowest BCUT2D eigenvalue weighted by Gasteiger charge is -2.47. The summed E-state index contributed by atoms with van der Waals surface area (Å²) in [5.41, 5.74) is 0.688. The van der Waals surface area contributed by atoms with Gasteiger partial charge in [-0.25, -0.2) is 9.78 Å². The second-order valence-electron chi connectivity index (χ2n) is 10.4. The monoisotopic (exact) mass is 441 g/mol. The molecule has 1 fully saturated rings. The first-order valence-corrected chi connectivity index (χ1v) is 12.3. The molecule has 8 heteroatoms. The zero-order valence-corrected chi connectivity index (χ0v) is 20.6. The van der Waals surface area contributed by atoms with Crippen LogP contribution in [0.5, 0.6) is 0 Å². The largest absolute Gasteiger partial charge is 0.598 e. The maximum atomic E-state index is 12.9. The molecule has 3 unspecified atom stereocenters. The summed E-state index contributed by atoms with van der Waals surface area (Å²) in [7, 11) is 0. The van der Waals surface area contributed by atoms with Crippen LogP contribution in [0, 0.1) is 12.3 Å². The normalized spacial score (nSPS) is 28.5. The number of carbonyl (C=O) groups excluding carboxylic acids is 1. The summed E-state index contributed by atoms with van der Waals surface area (Å²) in [4.78, 5) is 20.8. The van der Waals surface area contributed by atoms with Crippen LogP contribution in [0.4, 0.5) is 4.79 Å². The summed E-state index contributed by atoms with van der Waals surface area (Å²) in [6, 6.07) is 0. The third kappa shape index (κ3) is 4.75. The van der Waals surface area contributed by atoms with Gasteiger partial charge in [0.05, 0.1) is 10.7 Å². The highest BCUT2D eigenvalue weighted by molar-refractivity contribution is 7.90. The van der Waals surface area contributed by atoms with Gasteiger partial charge < -0.3 is 9.29 Å². The van der Waals surface area contributed by atoms with E-state index in [1.807, 2.05) is 41.5 Å². The fourth-order valence-corrected chi connectivity index (χ4v) is 6.26. The Morgan fingerprint density at radius 3 is 2.55 bits per heavy atom. The van der Waals surface area contributed by atoms with Gasteiger partial charge in [-0.05, 0) is 79.1 Å². The number of nitrogens with zero attached hydrogens (tertiary/aromatic N) is 2. The summed E-state index contributed by atoms with van der Waals surface area (Å²) in [5, 5.41) is 1.12. The average molecular weight is 442 g/mol. The van der Waals surface area contributed by atoms with Crippen molar-refractivity contribution in [3.05, 3.63) is 15.6 Å². The molecule has 29 heavy (non-hydrogen) atoms. The van der Waals surface area contributed by atoms with Crippen LogP contribution in [0.3, 0.4) is 0 Å². The van der Waals surface area contributed by atoms with Gasteiger partial charge in [0.25, 0.3) is 0 Å². The van der Waals surface area contributed by atoms with Crippen molar-refractivity contribution in [1.82, 2.24) is 14.6 Å². The minimum Gasteiger partial charge on any atom is -0.598 e. The number of hydrogen-bond acceptors (Lipinski definition) is 6. The molecule has 1 aliphatic carbocycles. The van der Waals surface area contributed by atoms with Crippen molar-refractivity contribution in [3.8, 4) is 0 Å². The van der Waals surface area contributed by atoms with Gasteiger partial charge in [-0.15, -0.1) is 16.1 Å². The van der Waals surface area contributed by atoms with Crippen molar-refractivity contribution < 1.29 is 14.1 Å². The van der Waals surface area contributed by atoms with E-state index >= 15 is 0 Å². The van der Waals surface area contributed by atoms with Gasteiger partial charge >= 0.3 is 6.09 Å². The molecule has 1 aliphatic heterocycles. The number of aromatic nitrogens is 1. The van der Waals surface area contributed by atoms with Crippen molar-refractivity contribution in [2.24, 2.45) is 5.41 Å². The quantitative estimate of drug-likeness (QED) is 0.684. The number of aryl methyl sites for hydroxylation is 1. The maximum Gasteiger partial charge on any atom is 0.411 e. The molecule has 1 N–H and O–H groups in total. The molecule has 1 saturated heterocycles. The van der Waals surface area contributed by atoms with Gasteiger partial charge in [0.15, 0.2) is 0 Å². The second-order valence-corrected chi connectivity index (χ2v) is 13.7. The number of hydrogen-bond donors (Lipinski definition) is 1. The van der Waals surface area contributed by atoms with Crippen molar-refractivity contribution in [2.75, 3.05) is 6.54 Å². The molecular formula is C21H35N3O3S2. The summed E-state index contributed by atoms with van der Waals surface area (Å²) in [5.74, 6) is 0.386. The summed E-state index contributed by atoms with van der Waals surface area (Å²) in [6.07, 6.45) is 1.91. The third-order valence-corrected chi connectivity index (χ3v) is 8.71. The lowest BCUT2D eigenvalue weighted by molar-refractivity contribution is -0.0132.